The molecule has 0 N–H and O–H groups in total. The van der Waals surface area contributed by atoms with Crippen LogP contribution in [0.15, 0.2) is 0 Å². The molecule has 0 aromatic rings. The van der Waals surface area contributed by atoms with Crippen molar-refractivity contribution < 1.29 is 22.9 Å². The molecule has 0 aliphatic heterocycles. The van der Waals surface area contributed by atoms with Crippen LogP contribution in [0.2, 0.25) is 0 Å². The van der Waals surface area contributed by atoms with Gasteiger partial charge in [0.25, 0.3) is 0 Å². The van der Waals surface area contributed by atoms with Crippen LogP contribution in [-0.4, -0.2) is 19.4 Å². The van der Waals surface area contributed by atoms with E-state index in [1.165, 1.54) is 0 Å². The van der Waals surface area contributed by atoms with E-state index in [9.17, 15) is 9.75 Å². The van der Waals surface area contributed by atoms with Gasteiger partial charge in [-0.1, -0.05) is 0 Å². The van der Waals surface area contributed by atoms with Gasteiger partial charge in [-0.3, -0.25) is 0 Å². The van der Waals surface area contributed by atoms with Gasteiger partial charge in [-0.25, -0.2) is 0 Å². The normalized spacial score (nSPS) is 14.6. The van der Waals surface area contributed by atoms with Crippen LogP contribution in [0.5, 0.6) is 0 Å². The minimum absolute atomic E-state index is 0.129. The molecule has 0 heterocycles. The van der Waals surface area contributed by atoms with E-state index in [-0.39, 0.29) is 19.4 Å². The zero-order valence-electron chi connectivity index (χ0n) is 2.10. The molecule has 0 saturated carbocycles. The molecule has 0 atom stereocenters. The molecule has 0 fully saturated rings. The average Bonchev–Trinajstić information content (AvgIpc) is 0.722. The van der Waals surface area contributed by atoms with Crippen molar-refractivity contribution in [3.8, 4) is 0 Å². The molecule has 5 heteroatoms. The summed E-state index contributed by atoms with van der Waals surface area (Å²) in [6, 6.07) is 0. The molecule has 0 spiro atoms. The maximum atomic E-state index is 9.22. The second-order valence-electron chi connectivity index (χ2n) is 0.364. The number of hydrogen-bond donors (Lipinski definition) is 0. The Hall–Kier alpha value is 0.958. The monoisotopic (exact) mass is 368 g/mol. The van der Waals surface area contributed by atoms with E-state index in [0.29, 0.717) is 0 Å². The maximum absolute atomic E-state index is 9.22. The fourth-order valence-corrected chi connectivity index (χ4v) is 0. The molecule has 0 amide bonds. The molecule has 5 heavy (non-hydrogen) atoms. The van der Waals surface area contributed by atoms with Crippen molar-refractivity contribution in [3.63, 3.8) is 0 Å². The van der Waals surface area contributed by atoms with Crippen molar-refractivity contribution in [2.45, 2.75) is 0 Å². The van der Waals surface area contributed by atoms with E-state index < -0.39 is 13.1 Å². The number of rotatable bonds is 0. The first kappa shape index (κ1) is 5.96. The Morgan fingerprint density at radius 1 is 1.20 bits per heavy atom. The molecule has 0 aromatic carbocycles. The van der Waals surface area contributed by atoms with E-state index >= 15 is 0 Å². The predicted octanol–water partition coefficient (Wildman–Crippen LogP) is -1.28. The Bertz CT molecular complexity index is 128. The predicted molar refractivity (Wildman–Crippen MR) is 10.6 cm³/mol. The van der Waals surface area contributed by atoms with E-state index in [1.807, 2.05) is 0 Å². The van der Waals surface area contributed by atoms with Gasteiger partial charge in [0.1, 0.15) is 0 Å². The SMILES string of the molecule is [O]=[Au](=[O])(=[O])[SbH2]. The van der Waals surface area contributed by atoms with Crippen molar-refractivity contribution in [3.05, 3.63) is 0 Å². The third-order valence-corrected chi connectivity index (χ3v) is 0. The van der Waals surface area contributed by atoms with Crippen LogP contribution in [0, 0.1) is 0 Å². The molecule has 0 bridgehead atoms. The van der Waals surface area contributed by atoms with Crippen LogP contribution >= 0.6 is 0 Å². The van der Waals surface area contributed by atoms with Crippen LogP contribution in [0.3, 0.4) is 0 Å². The quantitative estimate of drug-likeness (QED) is 0.501. The first-order chi connectivity index (χ1) is 2.00. The summed E-state index contributed by atoms with van der Waals surface area (Å²) < 4.78 is 27.7. The number of hydrogen-bond acceptors (Lipinski definition) is 3. The average molecular weight is 369 g/mol. The van der Waals surface area contributed by atoms with Crippen LogP contribution in [0.1, 0.15) is 0 Å². The molecule has 36 valence electrons. The summed E-state index contributed by atoms with van der Waals surface area (Å²) in [6.45, 7) is 0. The Balaban J connectivity index is 4.87. The molecule has 0 aliphatic rings. The fourth-order valence-electron chi connectivity index (χ4n) is 0. The zero-order chi connectivity index (χ0) is 4.50. The van der Waals surface area contributed by atoms with Crippen LogP contribution in [0.4, 0.5) is 0 Å². The molecular formula is H2AuO3Sb. The topological polar surface area (TPSA) is 51.2 Å². The van der Waals surface area contributed by atoms with Crippen molar-refractivity contribution >= 4 is 19.4 Å². The van der Waals surface area contributed by atoms with E-state index in [1.54, 1.807) is 0 Å². The molecule has 0 rings (SSSR count). The third kappa shape index (κ3) is 47.2. The molecule has 0 unspecified atom stereocenters. The van der Waals surface area contributed by atoms with Gasteiger partial charge in [-0.05, 0) is 0 Å². The second kappa shape index (κ2) is 1.60. The minimum atomic E-state index is -4.51. The van der Waals surface area contributed by atoms with Gasteiger partial charge in [0, 0.05) is 0 Å². The molecule has 0 aliphatic carbocycles. The van der Waals surface area contributed by atoms with Gasteiger partial charge in [-0.2, -0.15) is 0 Å². The first-order valence-electron chi connectivity index (χ1n) is 0.543. The first-order valence-corrected chi connectivity index (χ1v) is 12.6. The van der Waals surface area contributed by atoms with E-state index in [0.717, 1.165) is 0 Å². The summed E-state index contributed by atoms with van der Waals surface area (Å²) >= 11 is -4.64. The zero-order valence-corrected chi connectivity index (χ0v) is 7.57. The van der Waals surface area contributed by atoms with Crippen LogP contribution < -0.4 is 0 Å². The third-order valence-electron chi connectivity index (χ3n) is 0. The summed E-state index contributed by atoms with van der Waals surface area (Å²) in [5.74, 6) is 0. The van der Waals surface area contributed by atoms with Gasteiger partial charge < -0.3 is 0 Å². The summed E-state index contributed by atoms with van der Waals surface area (Å²) in [4.78, 5) is 0. The van der Waals surface area contributed by atoms with Crippen molar-refractivity contribution in [2.24, 2.45) is 0 Å². The molecule has 3 nitrogen and oxygen atoms in total. The summed E-state index contributed by atoms with van der Waals surface area (Å²) in [7, 11) is 0. The summed E-state index contributed by atoms with van der Waals surface area (Å²) in [5.41, 5.74) is 0. The van der Waals surface area contributed by atoms with Crippen molar-refractivity contribution in [2.75, 3.05) is 0 Å². The van der Waals surface area contributed by atoms with Gasteiger partial charge in [-0.15, -0.1) is 0 Å². The summed E-state index contributed by atoms with van der Waals surface area (Å²) in [6.07, 6.45) is 0. The molecular weight excluding hydrogens is 367 g/mol. The van der Waals surface area contributed by atoms with Gasteiger partial charge in [0.2, 0.25) is 0 Å². The van der Waals surface area contributed by atoms with Gasteiger partial charge in [0.05, 0.1) is 0 Å². The Kier molecular flexibility index (Phi) is 1.91. The fraction of sp³-hybridized carbons (Fsp3) is 0. The van der Waals surface area contributed by atoms with Gasteiger partial charge in [0.15, 0.2) is 0 Å². The van der Waals surface area contributed by atoms with E-state index in [2.05, 4.69) is 0 Å². The molecule has 0 radical (unpaired) electrons. The molecule has 0 saturated heterocycles. The Labute approximate surface area is 42.1 Å². The van der Waals surface area contributed by atoms with Gasteiger partial charge >= 0.3 is 42.3 Å². The van der Waals surface area contributed by atoms with Crippen LogP contribution in [-0.2, 0) is 22.9 Å². The van der Waals surface area contributed by atoms with Crippen molar-refractivity contribution in [1.29, 1.82) is 0 Å². The van der Waals surface area contributed by atoms with Crippen LogP contribution in [0.25, 0.3) is 0 Å². The second-order valence-corrected chi connectivity index (χ2v) is 12.9. The van der Waals surface area contributed by atoms with Crippen molar-refractivity contribution in [1.82, 2.24) is 0 Å². The summed E-state index contributed by atoms with van der Waals surface area (Å²) in [5, 5.41) is 0. The Morgan fingerprint density at radius 2 is 1.20 bits per heavy atom. The molecule has 0 aromatic heterocycles. The standard InChI is InChI=1S/Au.3O.Sb.2H. The van der Waals surface area contributed by atoms with E-state index in [4.69, 9.17) is 0 Å². The Morgan fingerprint density at radius 3 is 1.20 bits per heavy atom.